The number of carbonyl (C=O) groups is 1. The molecule has 0 fully saturated rings. The van der Waals surface area contributed by atoms with Crippen LogP contribution < -0.4 is 9.62 Å². The van der Waals surface area contributed by atoms with Gasteiger partial charge in [-0.05, 0) is 68.1 Å². The summed E-state index contributed by atoms with van der Waals surface area (Å²) in [5, 5.41) is 0. The van der Waals surface area contributed by atoms with Crippen molar-refractivity contribution in [2.45, 2.75) is 39.5 Å². The number of nitrogens with zero attached hydrogens (tertiary/aromatic N) is 1. The fraction of sp³-hybridized carbons (Fsp3) is 0.350. The summed E-state index contributed by atoms with van der Waals surface area (Å²) in [7, 11) is -3.61. The lowest BCUT2D eigenvalue weighted by atomic mass is 10.1. The average molecular weight is 375 g/mol. The van der Waals surface area contributed by atoms with Gasteiger partial charge in [0.25, 0.3) is 0 Å². The second kappa shape index (κ2) is 8.01. The SMILES string of the molecule is CC(=O)N(CCNS(=O)(=O)c1ccc(C)c(C)c1)c1cc(C)ccc1C. The van der Waals surface area contributed by atoms with E-state index in [2.05, 4.69) is 4.72 Å². The van der Waals surface area contributed by atoms with Gasteiger partial charge in [0.05, 0.1) is 4.90 Å². The second-order valence-corrected chi connectivity index (χ2v) is 8.37. The molecule has 5 nitrogen and oxygen atoms in total. The summed E-state index contributed by atoms with van der Waals surface area (Å²) in [6, 6.07) is 10.9. The van der Waals surface area contributed by atoms with Crippen LogP contribution in [0.4, 0.5) is 5.69 Å². The van der Waals surface area contributed by atoms with Crippen LogP contribution in [0.1, 0.15) is 29.2 Å². The van der Waals surface area contributed by atoms with Crippen LogP contribution in [-0.4, -0.2) is 27.4 Å². The first-order valence-corrected chi connectivity index (χ1v) is 10.0. The van der Waals surface area contributed by atoms with E-state index in [-0.39, 0.29) is 23.9 Å². The van der Waals surface area contributed by atoms with Gasteiger partial charge in [0.1, 0.15) is 0 Å². The zero-order chi connectivity index (χ0) is 19.5. The molecular weight excluding hydrogens is 348 g/mol. The van der Waals surface area contributed by atoms with Crippen LogP contribution in [0.3, 0.4) is 0 Å². The van der Waals surface area contributed by atoms with E-state index < -0.39 is 10.0 Å². The number of sulfonamides is 1. The fourth-order valence-corrected chi connectivity index (χ4v) is 3.82. The third-order valence-electron chi connectivity index (χ3n) is 4.45. The topological polar surface area (TPSA) is 66.5 Å². The van der Waals surface area contributed by atoms with E-state index in [4.69, 9.17) is 0 Å². The molecule has 0 aromatic heterocycles. The Labute approximate surface area is 156 Å². The van der Waals surface area contributed by atoms with Gasteiger partial charge in [0, 0.05) is 25.7 Å². The third-order valence-corrected chi connectivity index (χ3v) is 5.91. The minimum absolute atomic E-state index is 0.121. The summed E-state index contributed by atoms with van der Waals surface area (Å²) in [4.78, 5) is 13.9. The molecule has 0 saturated carbocycles. The van der Waals surface area contributed by atoms with Gasteiger partial charge < -0.3 is 4.90 Å². The number of benzene rings is 2. The van der Waals surface area contributed by atoms with Crippen LogP contribution >= 0.6 is 0 Å². The maximum atomic E-state index is 12.5. The normalized spacial score (nSPS) is 11.4. The molecule has 0 aliphatic carbocycles. The summed E-state index contributed by atoms with van der Waals surface area (Å²) in [6.07, 6.45) is 0. The fourth-order valence-electron chi connectivity index (χ4n) is 2.71. The maximum absolute atomic E-state index is 12.5. The second-order valence-electron chi connectivity index (χ2n) is 6.60. The number of amides is 1. The maximum Gasteiger partial charge on any atom is 0.240 e. The lowest BCUT2D eigenvalue weighted by Crippen LogP contribution is -2.38. The summed E-state index contributed by atoms with van der Waals surface area (Å²) in [6.45, 7) is 9.61. The Bertz CT molecular complexity index is 921. The Morgan fingerprint density at radius 3 is 2.23 bits per heavy atom. The molecule has 0 bridgehead atoms. The van der Waals surface area contributed by atoms with Gasteiger partial charge >= 0.3 is 0 Å². The number of rotatable bonds is 6. The quantitative estimate of drug-likeness (QED) is 0.844. The first kappa shape index (κ1) is 20.1. The van der Waals surface area contributed by atoms with E-state index in [0.717, 1.165) is 27.9 Å². The molecule has 0 heterocycles. The van der Waals surface area contributed by atoms with Crippen LogP contribution in [0.25, 0.3) is 0 Å². The molecule has 2 rings (SSSR count). The van der Waals surface area contributed by atoms with Gasteiger partial charge in [-0.3, -0.25) is 4.79 Å². The number of carbonyl (C=O) groups excluding carboxylic acids is 1. The zero-order valence-corrected chi connectivity index (χ0v) is 16.8. The lowest BCUT2D eigenvalue weighted by Gasteiger charge is -2.24. The molecule has 1 amide bonds. The number of anilines is 1. The molecule has 6 heteroatoms. The van der Waals surface area contributed by atoms with E-state index in [1.807, 2.05) is 45.9 Å². The van der Waals surface area contributed by atoms with Crippen LogP contribution in [0.2, 0.25) is 0 Å². The Morgan fingerprint density at radius 2 is 1.62 bits per heavy atom. The molecule has 0 saturated heterocycles. The van der Waals surface area contributed by atoms with Gasteiger partial charge in [-0.15, -0.1) is 0 Å². The summed E-state index contributed by atoms with van der Waals surface area (Å²) in [5.41, 5.74) is 4.80. The van der Waals surface area contributed by atoms with Crippen LogP contribution in [0.15, 0.2) is 41.3 Å². The van der Waals surface area contributed by atoms with Crippen LogP contribution in [0.5, 0.6) is 0 Å². The zero-order valence-electron chi connectivity index (χ0n) is 16.0. The van der Waals surface area contributed by atoms with Crippen molar-refractivity contribution >= 4 is 21.6 Å². The van der Waals surface area contributed by atoms with E-state index in [0.29, 0.717) is 0 Å². The summed E-state index contributed by atoms with van der Waals surface area (Å²) in [5.74, 6) is -0.121. The molecule has 1 N–H and O–H groups in total. The monoisotopic (exact) mass is 374 g/mol. The molecular formula is C20H26N2O3S. The Hall–Kier alpha value is -2.18. The summed E-state index contributed by atoms with van der Waals surface area (Å²) >= 11 is 0. The molecule has 0 radical (unpaired) electrons. The third kappa shape index (κ3) is 4.71. The Kier molecular flexibility index (Phi) is 6.21. The molecule has 0 atom stereocenters. The van der Waals surface area contributed by atoms with E-state index in [1.165, 1.54) is 6.92 Å². The van der Waals surface area contributed by atoms with Gasteiger partial charge in [-0.25, -0.2) is 13.1 Å². The first-order valence-electron chi connectivity index (χ1n) is 8.54. The number of aryl methyl sites for hydroxylation is 4. The summed E-state index contributed by atoms with van der Waals surface area (Å²) < 4.78 is 27.6. The van der Waals surface area contributed by atoms with E-state index in [1.54, 1.807) is 23.1 Å². The highest BCUT2D eigenvalue weighted by molar-refractivity contribution is 7.89. The van der Waals surface area contributed by atoms with Crippen molar-refractivity contribution in [2.24, 2.45) is 0 Å². The van der Waals surface area contributed by atoms with Gasteiger partial charge in [0.2, 0.25) is 15.9 Å². The molecule has 0 unspecified atom stereocenters. The molecule has 0 aliphatic rings. The van der Waals surface area contributed by atoms with Crippen molar-refractivity contribution in [3.63, 3.8) is 0 Å². The number of nitrogens with one attached hydrogen (secondary N) is 1. The minimum atomic E-state index is -3.61. The van der Waals surface area contributed by atoms with Crippen molar-refractivity contribution in [2.75, 3.05) is 18.0 Å². The highest BCUT2D eigenvalue weighted by Crippen LogP contribution is 2.21. The molecule has 0 spiro atoms. The Balaban J connectivity index is 2.13. The molecule has 2 aromatic rings. The predicted molar refractivity (Wildman–Crippen MR) is 105 cm³/mol. The first-order chi connectivity index (χ1) is 12.1. The number of hydrogen-bond donors (Lipinski definition) is 1. The molecule has 2 aromatic carbocycles. The van der Waals surface area contributed by atoms with Crippen molar-refractivity contribution in [1.29, 1.82) is 0 Å². The van der Waals surface area contributed by atoms with Crippen LogP contribution in [-0.2, 0) is 14.8 Å². The van der Waals surface area contributed by atoms with E-state index in [9.17, 15) is 13.2 Å². The van der Waals surface area contributed by atoms with Gasteiger partial charge in [-0.1, -0.05) is 18.2 Å². The average Bonchev–Trinajstić information content (AvgIpc) is 2.56. The predicted octanol–water partition coefficient (Wildman–Crippen LogP) is 3.25. The van der Waals surface area contributed by atoms with Crippen LogP contribution in [0, 0.1) is 27.7 Å². The standard InChI is InChI=1S/C20H26N2O3S/c1-14-6-7-16(3)20(12-14)22(18(5)23)11-10-21-26(24,25)19-9-8-15(2)17(4)13-19/h6-9,12-13,21H,10-11H2,1-5H3. The lowest BCUT2D eigenvalue weighted by molar-refractivity contribution is -0.116. The Morgan fingerprint density at radius 1 is 0.962 bits per heavy atom. The van der Waals surface area contributed by atoms with E-state index >= 15 is 0 Å². The van der Waals surface area contributed by atoms with Crippen molar-refractivity contribution < 1.29 is 13.2 Å². The highest BCUT2D eigenvalue weighted by atomic mass is 32.2. The van der Waals surface area contributed by atoms with Gasteiger partial charge in [0.15, 0.2) is 0 Å². The molecule has 140 valence electrons. The van der Waals surface area contributed by atoms with Gasteiger partial charge in [-0.2, -0.15) is 0 Å². The number of hydrogen-bond acceptors (Lipinski definition) is 3. The minimum Gasteiger partial charge on any atom is -0.311 e. The largest absolute Gasteiger partial charge is 0.311 e. The highest BCUT2D eigenvalue weighted by Gasteiger charge is 2.17. The molecule has 26 heavy (non-hydrogen) atoms. The molecule has 0 aliphatic heterocycles. The van der Waals surface area contributed by atoms with Crippen molar-refractivity contribution in [1.82, 2.24) is 4.72 Å². The smallest absolute Gasteiger partial charge is 0.240 e. The van der Waals surface area contributed by atoms with Crippen molar-refractivity contribution in [3.8, 4) is 0 Å². The van der Waals surface area contributed by atoms with Crippen molar-refractivity contribution in [3.05, 3.63) is 58.7 Å².